The molecule has 0 heterocycles. The van der Waals surface area contributed by atoms with Gasteiger partial charge in [-0.25, -0.2) is 8.78 Å². The lowest BCUT2D eigenvalue weighted by atomic mass is 10.0. The SMILES string of the molecule is CC(C)(C)NCCCCc1cccc(C(F)F)c1. The van der Waals surface area contributed by atoms with E-state index in [2.05, 4.69) is 26.1 Å². The topological polar surface area (TPSA) is 12.0 Å². The smallest absolute Gasteiger partial charge is 0.263 e. The number of aryl methyl sites for hydroxylation is 1. The molecule has 0 aliphatic carbocycles. The van der Waals surface area contributed by atoms with E-state index in [0.29, 0.717) is 0 Å². The molecule has 102 valence electrons. The van der Waals surface area contributed by atoms with E-state index >= 15 is 0 Å². The van der Waals surface area contributed by atoms with Crippen LogP contribution in [0.2, 0.25) is 0 Å². The second kappa shape index (κ2) is 6.83. The zero-order valence-electron chi connectivity index (χ0n) is 11.5. The first kappa shape index (κ1) is 15.1. The molecule has 0 saturated heterocycles. The Morgan fingerprint density at radius 1 is 1.17 bits per heavy atom. The van der Waals surface area contributed by atoms with Gasteiger partial charge in [-0.05, 0) is 52.1 Å². The van der Waals surface area contributed by atoms with E-state index in [9.17, 15) is 8.78 Å². The Kier molecular flexibility index (Phi) is 5.73. The number of benzene rings is 1. The van der Waals surface area contributed by atoms with E-state index in [1.54, 1.807) is 12.1 Å². The molecule has 0 aliphatic rings. The van der Waals surface area contributed by atoms with E-state index in [-0.39, 0.29) is 11.1 Å². The molecule has 0 spiro atoms. The molecule has 1 aromatic carbocycles. The number of hydrogen-bond acceptors (Lipinski definition) is 1. The van der Waals surface area contributed by atoms with Crippen molar-refractivity contribution in [2.75, 3.05) is 6.54 Å². The highest BCUT2D eigenvalue weighted by atomic mass is 19.3. The number of hydrogen-bond donors (Lipinski definition) is 1. The Balaban J connectivity index is 2.29. The minimum atomic E-state index is -2.37. The fourth-order valence-corrected chi connectivity index (χ4v) is 1.80. The predicted molar refractivity (Wildman–Crippen MR) is 72.1 cm³/mol. The lowest BCUT2D eigenvalue weighted by Gasteiger charge is -2.20. The molecule has 0 fully saturated rings. The molecular weight excluding hydrogens is 232 g/mol. The van der Waals surface area contributed by atoms with Crippen molar-refractivity contribution in [2.45, 2.75) is 52.0 Å². The average molecular weight is 255 g/mol. The van der Waals surface area contributed by atoms with E-state index in [1.807, 2.05) is 6.07 Å². The van der Waals surface area contributed by atoms with Crippen molar-refractivity contribution in [3.8, 4) is 0 Å². The van der Waals surface area contributed by atoms with Gasteiger partial charge in [0.05, 0.1) is 0 Å². The van der Waals surface area contributed by atoms with Crippen molar-refractivity contribution in [3.05, 3.63) is 35.4 Å². The number of alkyl halides is 2. The molecule has 0 radical (unpaired) electrons. The van der Waals surface area contributed by atoms with E-state index in [4.69, 9.17) is 0 Å². The summed E-state index contributed by atoms with van der Waals surface area (Å²) in [6.07, 6.45) is 0.589. The Morgan fingerprint density at radius 2 is 1.89 bits per heavy atom. The first-order chi connectivity index (χ1) is 8.38. The molecule has 1 rings (SSSR count). The van der Waals surface area contributed by atoms with Crippen molar-refractivity contribution in [1.29, 1.82) is 0 Å². The molecule has 1 N–H and O–H groups in total. The summed E-state index contributed by atoms with van der Waals surface area (Å²) < 4.78 is 25.0. The van der Waals surface area contributed by atoms with Gasteiger partial charge in [0.1, 0.15) is 0 Å². The van der Waals surface area contributed by atoms with Crippen LogP contribution in [0.1, 0.15) is 51.2 Å². The van der Waals surface area contributed by atoms with Gasteiger partial charge in [0, 0.05) is 11.1 Å². The van der Waals surface area contributed by atoms with Crippen molar-refractivity contribution >= 4 is 0 Å². The number of rotatable bonds is 6. The summed E-state index contributed by atoms with van der Waals surface area (Å²) in [6, 6.07) is 6.73. The molecule has 0 amide bonds. The van der Waals surface area contributed by atoms with Gasteiger partial charge in [-0.2, -0.15) is 0 Å². The van der Waals surface area contributed by atoms with Gasteiger partial charge in [-0.15, -0.1) is 0 Å². The lowest BCUT2D eigenvalue weighted by molar-refractivity contribution is 0.151. The Hall–Kier alpha value is -0.960. The highest BCUT2D eigenvalue weighted by Crippen LogP contribution is 2.20. The Labute approximate surface area is 109 Å². The molecule has 18 heavy (non-hydrogen) atoms. The minimum absolute atomic E-state index is 0.125. The van der Waals surface area contributed by atoms with Gasteiger partial charge < -0.3 is 5.32 Å². The highest BCUT2D eigenvalue weighted by molar-refractivity contribution is 5.24. The van der Waals surface area contributed by atoms with Crippen LogP contribution >= 0.6 is 0 Å². The monoisotopic (exact) mass is 255 g/mol. The zero-order chi connectivity index (χ0) is 13.6. The molecule has 3 heteroatoms. The molecule has 0 saturated carbocycles. The standard InChI is InChI=1S/C15H23F2N/c1-15(2,3)18-10-5-4-7-12-8-6-9-13(11-12)14(16)17/h6,8-9,11,14,18H,4-5,7,10H2,1-3H3. The van der Waals surface area contributed by atoms with Gasteiger partial charge >= 0.3 is 0 Å². The van der Waals surface area contributed by atoms with Crippen molar-refractivity contribution in [3.63, 3.8) is 0 Å². The first-order valence-electron chi connectivity index (χ1n) is 6.50. The van der Waals surface area contributed by atoms with Crippen LogP contribution in [0.3, 0.4) is 0 Å². The van der Waals surface area contributed by atoms with Crippen LogP contribution in [0.15, 0.2) is 24.3 Å². The number of nitrogens with one attached hydrogen (secondary N) is 1. The summed E-state index contributed by atoms with van der Waals surface area (Å²) in [5.41, 5.74) is 1.28. The predicted octanol–water partition coefficient (Wildman–Crippen LogP) is 4.34. The Bertz CT molecular complexity index is 356. The molecule has 1 nitrogen and oxygen atoms in total. The second-order valence-electron chi connectivity index (χ2n) is 5.68. The summed E-state index contributed by atoms with van der Waals surface area (Å²) in [7, 11) is 0. The summed E-state index contributed by atoms with van der Waals surface area (Å²) >= 11 is 0. The van der Waals surface area contributed by atoms with Gasteiger partial charge in [-0.3, -0.25) is 0 Å². The maximum Gasteiger partial charge on any atom is 0.263 e. The second-order valence-corrected chi connectivity index (χ2v) is 5.68. The third-order valence-corrected chi connectivity index (χ3v) is 2.75. The number of unbranched alkanes of at least 4 members (excludes halogenated alkanes) is 1. The molecule has 0 atom stereocenters. The van der Waals surface area contributed by atoms with Crippen LogP contribution in [0.25, 0.3) is 0 Å². The van der Waals surface area contributed by atoms with Crippen molar-refractivity contribution < 1.29 is 8.78 Å². The maximum atomic E-state index is 12.5. The van der Waals surface area contributed by atoms with Crippen LogP contribution in [0.4, 0.5) is 8.78 Å². The fourth-order valence-electron chi connectivity index (χ4n) is 1.80. The average Bonchev–Trinajstić information content (AvgIpc) is 2.27. The molecule has 0 unspecified atom stereocenters. The largest absolute Gasteiger partial charge is 0.312 e. The van der Waals surface area contributed by atoms with Gasteiger partial charge in [0.25, 0.3) is 6.43 Å². The summed E-state index contributed by atoms with van der Waals surface area (Å²) in [5, 5.41) is 3.42. The molecule has 0 bridgehead atoms. The van der Waals surface area contributed by atoms with Gasteiger partial charge in [-0.1, -0.05) is 24.3 Å². The molecule has 1 aromatic rings. The van der Waals surface area contributed by atoms with Crippen LogP contribution in [-0.4, -0.2) is 12.1 Å². The van der Waals surface area contributed by atoms with Gasteiger partial charge in [0.15, 0.2) is 0 Å². The fraction of sp³-hybridized carbons (Fsp3) is 0.600. The van der Waals surface area contributed by atoms with Crippen molar-refractivity contribution in [2.24, 2.45) is 0 Å². The van der Waals surface area contributed by atoms with Crippen molar-refractivity contribution in [1.82, 2.24) is 5.32 Å². The van der Waals surface area contributed by atoms with Crippen LogP contribution in [0, 0.1) is 0 Å². The Morgan fingerprint density at radius 3 is 2.50 bits per heavy atom. The maximum absolute atomic E-state index is 12.5. The summed E-state index contributed by atoms with van der Waals surface area (Å²) in [5.74, 6) is 0. The highest BCUT2D eigenvalue weighted by Gasteiger charge is 2.08. The summed E-state index contributed by atoms with van der Waals surface area (Å²) in [4.78, 5) is 0. The lowest BCUT2D eigenvalue weighted by Crippen LogP contribution is -2.36. The molecule has 0 aliphatic heterocycles. The van der Waals surface area contributed by atoms with E-state index < -0.39 is 6.43 Å². The normalized spacial score (nSPS) is 12.1. The minimum Gasteiger partial charge on any atom is -0.312 e. The quantitative estimate of drug-likeness (QED) is 0.746. The van der Waals surface area contributed by atoms with Crippen LogP contribution in [0.5, 0.6) is 0 Å². The molecule has 0 aromatic heterocycles. The van der Waals surface area contributed by atoms with Crippen LogP contribution in [-0.2, 0) is 6.42 Å². The third-order valence-electron chi connectivity index (χ3n) is 2.75. The van der Waals surface area contributed by atoms with E-state index in [0.717, 1.165) is 31.4 Å². The van der Waals surface area contributed by atoms with Crippen LogP contribution < -0.4 is 5.32 Å². The zero-order valence-corrected chi connectivity index (χ0v) is 11.5. The summed E-state index contributed by atoms with van der Waals surface area (Å²) in [6.45, 7) is 7.38. The third kappa shape index (κ3) is 6.10. The molecular formula is C15H23F2N. The first-order valence-corrected chi connectivity index (χ1v) is 6.50. The number of halogens is 2. The van der Waals surface area contributed by atoms with E-state index in [1.165, 1.54) is 6.07 Å². The van der Waals surface area contributed by atoms with Gasteiger partial charge in [0.2, 0.25) is 0 Å².